The van der Waals surface area contributed by atoms with Gasteiger partial charge in [-0.15, -0.1) is 0 Å². The van der Waals surface area contributed by atoms with Crippen LogP contribution in [0.1, 0.15) is 122 Å². The third-order valence-electron chi connectivity index (χ3n) is 10.1. The van der Waals surface area contributed by atoms with Crippen molar-refractivity contribution in [3.05, 3.63) is 24.3 Å². The zero-order valence-electron chi connectivity index (χ0n) is 29.7. The standard InChI is InChI=1S/C30H45N7O6.C6H12/c1-5-7-20(24(39)28(42)34-18-10-11-18)35-27(41)23-19-9-6-8-17(19)16-37(23)29(43)25(30(2,3)4)36-22(38)15-33-26(40)21-14-31-12-13-32-21;1-2-4-6-5-3-1/h12-14,17-20,23-25,39H,5-11,15-16H2,1-4H3,(H,33,40)(H,34,42)(H,35,41)(H,36,38);1-6H2. The van der Waals surface area contributed by atoms with Crippen molar-refractivity contribution in [3.63, 3.8) is 0 Å². The van der Waals surface area contributed by atoms with E-state index in [9.17, 15) is 29.1 Å². The fourth-order valence-corrected chi connectivity index (χ4v) is 7.21. The summed E-state index contributed by atoms with van der Waals surface area (Å²) in [5.41, 5.74) is -0.643. The van der Waals surface area contributed by atoms with E-state index >= 15 is 0 Å². The molecule has 13 heteroatoms. The first-order valence-corrected chi connectivity index (χ1v) is 18.3. The minimum atomic E-state index is -1.40. The highest BCUT2D eigenvalue weighted by Crippen LogP contribution is 2.43. The molecule has 0 radical (unpaired) electrons. The van der Waals surface area contributed by atoms with E-state index in [0.29, 0.717) is 19.4 Å². The third kappa shape index (κ3) is 10.9. The number of nitrogens with zero attached hydrogens (tertiary/aromatic N) is 3. The van der Waals surface area contributed by atoms with E-state index in [4.69, 9.17) is 0 Å². The van der Waals surface area contributed by atoms with Crippen molar-refractivity contribution in [2.45, 2.75) is 141 Å². The summed E-state index contributed by atoms with van der Waals surface area (Å²) in [6.07, 6.45) is 17.1. The Kier molecular flexibility index (Phi) is 13.9. The van der Waals surface area contributed by atoms with E-state index in [-0.39, 0.29) is 36.0 Å². The summed E-state index contributed by atoms with van der Waals surface area (Å²) in [4.78, 5) is 75.2. The first-order chi connectivity index (χ1) is 23.4. The fraction of sp³-hybridized carbons (Fsp3) is 0.750. The maximum absolute atomic E-state index is 14.1. The Balaban J connectivity index is 0.000000812. The Morgan fingerprint density at radius 1 is 0.939 bits per heavy atom. The number of carbonyl (C=O) groups excluding carboxylic acids is 5. The average molecular weight is 684 g/mol. The molecule has 272 valence electrons. The number of amides is 5. The molecule has 13 nitrogen and oxygen atoms in total. The summed E-state index contributed by atoms with van der Waals surface area (Å²) in [6.45, 7) is 7.40. The van der Waals surface area contributed by atoms with Gasteiger partial charge >= 0.3 is 0 Å². The van der Waals surface area contributed by atoms with Crippen molar-refractivity contribution in [2.24, 2.45) is 17.3 Å². The molecule has 4 fully saturated rings. The van der Waals surface area contributed by atoms with Gasteiger partial charge in [0, 0.05) is 25.0 Å². The summed E-state index contributed by atoms with van der Waals surface area (Å²) in [7, 11) is 0. The highest BCUT2D eigenvalue weighted by Gasteiger charge is 2.52. The van der Waals surface area contributed by atoms with Crippen molar-refractivity contribution in [1.29, 1.82) is 0 Å². The lowest BCUT2D eigenvalue weighted by atomic mass is 9.85. The fourth-order valence-electron chi connectivity index (χ4n) is 7.21. The monoisotopic (exact) mass is 683 g/mol. The molecule has 5 rings (SSSR count). The second-order valence-corrected chi connectivity index (χ2v) is 15.2. The van der Waals surface area contributed by atoms with Gasteiger partial charge in [-0.25, -0.2) is 4.98 Å². The number of hydrogen-bond acceptors (Lipinski definition) is 8. The molecular formula is C36H57N7O6. The van der Waals surface area contributed by atoms with E-state index in [1.54, 1.807) is 4.90 Å². The molecule has 1 saturated heterocycles. The van der Waals surface area contributed by atoms with Crippen molar-refractivity contribution < 1.29 is 29.1 Å². The summed E-state index contributed by atoms with van der Waals surface area (Å²) in [5, 5.41) is 21.8. The summed E-state index contributed by atoms with van der Waals surface area (Å²) >= 11 is 0. The highest BCUT2D eigenvalue weighted by molar-refractivity contribution is 5.96. The molecule has 1 aliphatic heterocycles. The van der Waals surface area contributed by atoms with Gasteiger partial charge in [-0.05, 0) is 49.4 Å². The quantitative estimate of drug-likeness (QED) is 0.223. The predicted octanol–water partition coefficient (Wildman–Crippen LogP) is 2.63. The van der Waals surface area contributed by atoms with Crippen LogP contribution in [-0.2, 0) is 19.2 Å². The van der Waals surface area contributed by atoms with Crippen LogP contribution in [0.2, 0.25) is 0 Å². The lowest BCUT2D eigenvalue weighted by Gasteiger charge is -2.37. The third-order valence-corrected chi connectivity index (χ3v) is 10.1. The normalized spacial score (nSPS) is 23.5. The SMILES string of the molecule is C1CCCCC1.CCCC(NC(=O)C1C2CCCC2CN1C(=O)C(NC(=O)CNC(=O)c1cnccn1)C(C)(C)C)C(O)C(=O)NC1CC1. The summed E-state index contributed by atoms with van der Waals surface area (Å²) in [6, 6.07) is -2.46. The van der Waals surface area contributed by atoms with Gasteiger partial charge in [0.05, 0.1) is 18.8 Å². The van der Waals surface area contributed by atoms with Crippen molar-refractivity contribution in [1.82, 2.24) is 36.1 Å². The van der Waals surface area contributed by atoms with E-state index in [1.807, 2.05) is 27.7 Å². The molecular weight excluding hydrogens is 626 g/mol. The Bertz CT molecular complexity index is 1270. The number of carbonyl (C=O) groups is 5. The molecule has 4 aliphatic rings. The smallest absolute Gasteiger partial charge is 0.271 e. The molecule has 0 spiro atoms. The molecule has 5 amide bonds. The van der Waals surface area contributed by atoms with Gasteiger partial charge in [-0.2, -0.15) is 0 Å². The van der Waals surface area contributed by atoms with E-state index < -0.39 is 53.3 Å². The summed E-state index contributed by atoms with van der Waals surface area (Å²) < 4.78 is 0. The zero-order chi connectivity index (χ0) is 35.6. The minimum Gasteiger partial charge on any atom is -0.381 e. The molecule has 5 N–H and O–H groups in total. The number of hydrogen-bond donors (Lipinski definition) is 5. The van der Waals surface area contributed by atoms with Gasteiger partial charge in [-0.1, -0.05) is 79.1 Å². The molecule has 6 unspecified atom stereocenters. The number of aliphatic hydroxyl groups is 1. The van der Waals surface area contributed by atoms with Crippen molar-refractivity contribution >= 4 is 29.5 Å². The lowest BCUT2D eigenvalue weighted by Crippen LogP contribution is -2.61. The summed E-state index contributed by atoms with van der Waals surface area (Å²) in [5.74, 6) is -2.30. The van der Waals surface area contributed by atoms with Gasteiger partial charge in [0.25, 0.3) is 11.8 Å². The lowest BCUT2D eigenvalue weighted by molar-refractivity contribution is -0.145. The second-order valence-electron chi connectivity index (χ2n) is 15.2. The Hall–Kier alpha value is -3.61. The average Bonchev–Trinajstić information content (AvgIpc) is 3.66. The number of aliphatic hydroxyl groups excluding tert-OH is 1. The van der Waals surface area contributed by atoms with E-state index in [2.05, 4.69) is 31.2 Å². The Labute approximate surface area is 290 Å². The highest BCUT2D eigenvalue weighted by atomic mass is 16.3. The molecule has 1 aromatic heterocycles. The van der Waals surface area contributed by atoms with Crippen LogP contribution in [0.5, 0.6) is 0 Å². The van der Waals surface area contributed by atoms with Gasteiger partial charge in [0.1, 0.15) is 17.8 Å². The van der Waals surface area contributed by atoms with Crippen molar-refractivity contribution in [3.8, 4) is 0 Å². The van der Waals surface area contributed by atoms with Crippen LogP contribution in [0, 0.1) is 17.3 Å². The number of aromatic nitrogens is 2. The topological polar surface area (TPSA) is 183 Å². The maximum Gasteiger partial charge on any atom is 0.271 e. The number of fused-ring (bicyclic) bond motifs is 1. The second kappa shape index (κ2) is 17.9. The first-order valence-electron chi connectivity index (χ1n) is 18.3. The molecule has 2 heterocycles. The van der Waals surface area contributed by atoms with Crippen LogP contribution >= 0.6 is 0 Å². The van der Waals surface area contributed by atoms with Gasteiger partial charge in [0.15, 0.2) is 6.10 Å². The number of likely N-dealkylation sites (tertiary alicyclic amines) is 1. The van der Waals surface area contributed by atoms with Gasteiger partial charge in [-0.3, -0.25) is 29.0 Å². The van der Waals surface area contributed by atoms with Crippen LogP contribution < -0.4 is 21.3 Å². The van der Waals surface area contributed by atoms with Gasteiger partial charge < -0.3 is 31.3 Å². The first kappa shape index (κ1) is 38.2. The predicted molar refractivity (Wildman–Crippen MR) is 184 cm³/mol. The zero-order valence-corrected chi connectivity index (χ0v) is 29.7. The molecule has 0 bridgehead atoms. The molecule has 3 aliphatic carbocycles. The van der Waals surface area contributed by atoms with Crippen LogP contribution in [0.15, 0.2) is 18.6 Å². The molecule has 49 heavy (non-hydrogen) atoms. The molecule has 0 aromatic carbocycles. The molecule has 6 atom stereocenters. The molecule has 3 saturated carbocycles. The Morgan fingerprint density at radius 3 is 2.18 bits per heavy atom. The number of rotatable bonds is 12. The largest absolute Gasteiger partial charge is 0.381 e. The van der Waals surface area contributed by atoms with Crippen LogP contribution in [0.25, 0.3) is 0 Å². The van der Waals surface area contributed by atoms with Crippen LogP contribution in [0.4, 0.5) is 0 Å². The van der Waals surface area contributed by atoms with Crippen molar-refractivity contribution in [2.75, 3.05) is 13.1 Å². The van der Waals surface area contributed by atoms with Crippen LogP contribution in [0.3, 0.4) is 0 Å². The minimum absolute atomic E-state index is 0.0498. The maximum atomic E-state index is 14.1. The van der Waals surface area contributed by atoms with Crippen LogP contribution in [-0.4, -0.2) is 92.9 Å². The van der Waals surface area contributed by atoms with E-state index in [0.717, 1.165) is 32.1 Å². The number of nitrogens with one attached hydrogen (secondary N) is 4. The van der Waals surface area contributed by atoms with Gasteiger partial charge in [0.2, 0.25) is 17.7 Å². The van der Waals surface area contributed by atoms with E-state index in [1.165, 1.54) is 57.1 Å². The molecule has 1 aromatic rings. The Morgan fingerprint density at radius 2 is 1.61 bits per heavy atom.